The number of hydrogen-bond acceptors (Lipinski definition) is 3. The van der Waals surface area contributed by atoms with Crippen LogP contribution in [-0.4, -0.2) is 17.8 Å². The zero-order valence-electron chi connectivity index (χ0n) is 19.7. The number of amides is 1. The van der Waals surface area contributed by atoms with E-state index in [0.29, 0.717) is 19.3 Å². The van der Waals surface area contributed by atoms with Crippen molar-refractivity contribution in [3.05, 3.63) is 76.5 Å². The van der Waals surface area contributed by atoms with Gasteiger partial charge in [-0.25, -0.2) is 0 Å². The number of carbonyl (C=O) groups excluding carboxylic acids is 2. The fraction of sp³-hybridized carbons (Fsp3) is 0.429. The van der Waals surface area contributed by atoms with Crippen molar-refractivity contribution in [1.82, 2.24) is 5.32 Å². The molecule has 0 saturated heterocycles. The Hall–Kier alpha value is -2.88. The third kappa shape index (κ3) is 4.64. The highest BCUT2D eigenvalue weighted by Gasteiger charge is 2.38. The second-order valence-electron chi connectivity index (χ2n) is 10.3. The first-order valence-corrected chi connectivity index (χ1v) is 11.5. The largest absolute Gasteiger partial charge is 0.491 e. The highest BCUT2D eigenvalue weighted by atomic mass is 16.5. The zero-order valence-corrected chi connectivity index (χ0v) is 19.7. The van der Waals surface area contributed by atoms with Crippen LogP contribution in [0.5, 0.6) is 5.75 Å². The number of rotatable bonds is 4. The minimum atomic E-state index is -0.191. The fourth-order valence-electron chi connectivity index (χ4n) is 4.79. The molecule has 2 atom stereocenters. The number of allylic oxidation sites excluding steroid dienone is 2. The van der Waals surface area contributed by atoms with Gasteiger partial charge in [-0.1, -0.05) is 57.2 Å². The molecule has 1 heterocycles. The van der Waals surface area contributed by atoms with E-state index in [9.17, 15) is 9.59 Å². The summed E-state index contributed by atoms with van der Waals surface area (Å²) in [5, 5.41) is 3.02. The monoisotopic (exact) mass is 431 g/mol. The Balaban J connectivity index is 1.60. The van der Waals surface area contributed by atoms with E-state index >= 15 is 0 Å². The summed E-state index contributed by atoms with van der Waals surface area (Å²) in [6, 6.07) is 16.4. The van der Waals surface area contributed by atoms with Gasteiger partial charge in [0.05, 0.1) is 6.10 Å². The van der Waals surface area contributed by atoms with Crippen LogP contribution >= 0.6 is 0 Å². The number of Topliss-reactive ketones (excluding diaryl/α,β-unsaturated/α-hetero) is 1. The highest BCUT2D eigenvalue weighted by Crippen LogP contribution is 2.43. The van der Waals surface area contributed by atoms with Crippen molar-refractivity contribution < 1.29 is 14.3 Å². The molecule has 32 heavy (non-hydrogen) atoms. The summed E-state index contributed by atoms with van der Waals surface area (Å²) in [5.41, 5.74) is 5.10. The van der Waals surface area contributed by atoms with Crippen LogP contribution in [0.15, 0.2) is 59.8 Å². The van der Waals surface area contributed by atoms with Gasteiger partial charge in [0.15, 0.2) is 5.78 Å². The summed E-state index contributed by atoms with van der Waals surface area (Å²) >= 11 is 0. The van der Waals surface area contributed by atoms with Gasteiger partial charge in [0.25, 0.3) is 0 Å². The average molecular weight is 432 g/mol. The normalized spacial score (nSPS) is 21.4. The number of ether oxygens (including phenoxy) is 1. The smallest absolute Gasteiger partial charge is 0.225 e. The first-order chi connectivity index (χ1) is 15.1. The van der Waals surface area contributed by atoms with E-state index in [4.69, 9.17) is 4.74 Å². The lowest BCUT2D eigenvalue weighted by atomic mass is 9.73. The number of hydrogen-bond donors (Lipinski definition) is 1. The first-order valence-electron chi connectivity index (χ1n) is 11.5. The Labute approximate surface area is 191 Å². The molecule has 2 aromatic rings. The van der Waals surface area contributed by atoms with Crippen LogP contribution in [0.1, 0.15) is 82.4 Å². The van der Waals surface area contributed by atoms with Crippen LogP contribution < -0.4 is 10.1 Å². The van der Waals surface area contributed by atoms with Crippen molar-refractivity contribution in [3.8, 4) is 5.75 Å². The van der Waals surface area contributed by atoms with Crippen molar-refractivity contribution in [3.63, 3.8) is 0 Å². The van der Waals surface area contributed by atoms with Crippen molar-refractivity contribution in [2.45, 2.75) is 77.2 Å². The Morgan fingerprint density at radius 1 is 0.875 bits per heavy atom. The van der Waals surface area contributed by atoms with Gasteiger partial charge >= 0.3 is 0 Å². The molecule has 0 spiro atoms. The lowest BCUT2D eigenvalue weighted by molar-refractivity contribution is -0.122. The van der Waals surface area contributed by atoms with E-state index in [1.165, 1.54) is 5.56 Å². The molecule has 4 heteroatoms. The molecule has 4 rings (SSSR count). The van der Waals surface area contributed by atoms with E-state index in [0.717, 1.165) is 28.1 Å². The van der Waals surface area contributed by atoms with Crippen molar-refractivity contribution in [2.75, 3.05) is 0 Å². The average Bonchev–Trinajstić information content (AvgIpc) is 2.72. The van der Waals surface area contributed by atoms with E-state index in [1.54, 1.807) is 0 Å². The van der Waals surface area contributed by atoms with Crippen LogP contribution in [0, 0.1) is 0 Å². The van der Waals surface area contributed by atoms with Crippen LogP contribution in [0.25, 0.3) is 0 Å². The second-order valence-corrected chi connectivity index (χ2v) is 10.3. The van der Waals surface area contributed by atoms with Gasteiger partial charge in [0.1, 0.15) is 5.75 Å². The van der Waals surface area contributed by atoms with Crippen molar-refractivity contribution >= 4 is 11.7 Å². The molecule has 1 aliphatic carbocycles. The van der Waals surface area contributed by atoms with E-state index in [-0.39, 0.29) is 35.0 Å². The molecule has 2 aliphatic rings. The maximum absolute atomic E-state index is 13.3. The SMILES string of the molecule is CC(C)Oc1ccc(C2CC(=O)NC3=C2C(=O)CC(c2ccc(C(C)(C)C)cc2)C3)cc1. The summed E-state index contributed by atoms with van der Waals surface area (Å²) < 4.78 is 5.74. The van der Waals surface area contributed by atoms with E-state index in [1.807, 2.05) is 38.1 Å². The number of nitrogens with one attached hydrogen (secondary N) is 1. The summed E-state index contributed by atoms with van der Waals surface area (Å²) in [4.78, 5) is 25.8. The molecule has 0 bridgehead atoms. The van der Waals surface area contributed by atoms with E-state index in [2.05, 4.69) is 50.4 Å². The molecular formula is C28H33NO3. The highest BCUT2D eigenvalue weighted by molar-refractivity contribution is 6.02. The lowest BCUT2D eigenvalue weighted by Crippen LogP contribution is -2.38. The number of carbonyl (C=O) groups is 2. The van der Waals surface area contributed by atoms with Gasteiger partial charge in [-0.15, -0.1) is 0 Å². The van der Waals surface area contributed by atoms with Crippen molar-refractivity contribution in [1.29, 1.82) is 0 Å². The topological polar surface area (TPSA) is 55.4 Å². The van der Waals surface area contributed by atoms with Crippen LogP contribution in [0.2, 0.25) is 0 Å². The molecule has 0 radical (unpaired) electrons. The predicted molar refractivity (Wildman–Crippen MR) is 127 cm³/mol. The van der Waals surface area contributed by atoms with Gasteiger partial charge in [-0.3, -0.25) is 9.59 Å². The Morgan fingerprint density at radius 3 is 2.09 bits per heavy atom. The number of benzene rings is 2. The molecule has 1 amide bonds. The molecule has 1 N–H and O–H groups in total. The summed E-state index contributed by atoms with van der Waals surface area (Å²) in [5.74, 6) is 0.822. The van der Waals surface area contributed by atoms with Gasteiger partial charge in [0, 0.05) is 30.0 Å². The molecule has 168 valence electrons. The minimum absolute atomic E-state index is 0.0206. The standard InChI is InChI=1S/C28H33NO3/c1-17(2)32-22-12-8-19(9-13-22)23-16-26(31)29-24-14-20(15-25(30)27(23)24)18-6-10-21(11-7-18)28(3,4)5/h6-13,17,20,23H,14-16H2,1-5H3,(H,29,31). The molecular weight excluding hydrogens is 398 g/mol. The van der Waals surface area contributed by atoms with Crippen LogP contribution in [0.3, 0.4) is 0 Å². The van der Waals surface area contributed by atoms with E-state index < -0.39 is 0 Å². The molecule has 2 aromatic carbocycles. The quantitative estimate of drug-likeness (QED) is 0.668. The third-order valence-electron chi connectivity index (χ3n) is 6.44. The Kier molecular flexibility index (Phi) is 5.98. The molecule has 1 aliphatic heterocycles. The van der Waals surface area contributed by atoms with Gasteiger partial charge in [-0.2, -0.15) is 0 Å². The Morgan fingerprint density at radius 2 is 1.50 bits per heavy atom. The van der Waals surface area contributed by atoms with Gasteiger partial charge in [-0.05, 0) is 60.4 Å². The lowest BCUT2D eigenvalue weighted by Gasteiger charge is -2.34. The van der Waals surface area contributed by atoms with Gasteiger partial charge < -0.3 is 10.1 Å². The molecule has 0 saturated carbocycles. The summed E-state index contributed by atoms with van der Waals surface area (Å²) in [6.45, 7) is 10.6. The van der Waals surface area contributed by atoms with Crippen LogP contribution in [-0.2, 0) is 15.0 Å². The summed E-state index contributed by atoms with van der Waals surface area (Å²) in [6.07, 6.45) is 1.58. The van der Waals surface area contributed by atoms with Crippen LogP contribution in [0.4, 0.5) is 0 Å². The molecule has 2 unspecified atom stereocenters. The maximum Gasteiger partial charge on any atom is 0.225 e. The molecule has 0 aromatic heterocycles. The molecule has 0 fully saturated rings. The Bertz CT molecular complexity index is 1040. The minimum Gasteiger partial charge on any atom is -0.491 e. The van der Waals surface area contributed by atoms with Crippen molar-refractivity contribution in [2.24, 2.45) is 0 Å². The zero-order chi connectivity index (χ0) is 23.0. The maximum atomic E-state index is 13.3. The fourth-order valence-corrected chi connectivity index (χ4v) is 4.79. The summed E-state index contributed by atoms with van der Waals surface area (Å²) in [7, 11) is 0. The number of ketones is 1. The second kappa shape index (κ2) is 8.57. The molecule has 4 nitrogen and oxygen atoms in total. The van der Waals surface area contributed by atoms with Gasteiger partial charge in [0.2, 0.25) is 5.91 Å². The predicted octanol–water partition coefficient (Wildman–Crippen LogP) is 5.78. The third-order valence-corrected chi connectivity index (χ3v) is 6.44. The first kappa shape index (κ1) is 22.3.